The van der Waals surface area contributed by atoms with Crippen LogP contribution in [0.2, 0.25) is 0 Å². The van der Waals surface area contributed by atoms with Crippen molar-refractivity contribution in [3.63, 3.8) is 0 Å². The zero-order valence-electron chi connectivity index (χ0n) is 14.3. The number of aromatic nitrogens is 1. The van der Waals surface area contributed by atoms with E-state index in [4.69, 9.17) is 0 Å². The highest BCUT2D eigenvalue weighted by molar-refractivity contribution is 7.91. The number of rotatable bonds is 4. The van der Waals surface area contributed by atoms with E-state index in [0.29, 0.717) is 12.1 Å². The van der Waals surface area contributed by atoms with Gasteiger partial charge in [-0.25, -0.2) is 13.4 Å². The third-order valence-electron chi connectivity index (χ3n) is 4.22. The molecule has 0 bridgehead atoms. The number of sulfone groups is 1. The number of carbonyl (C=O) groups is 2. The van der Waals surface area contributed by atoms with Gasteiger partial charge in [-0.15, -0.1) is 0 Å². The lowest BCUT2D eigenvalue weighted by atomic mass is 10.2. The van der Waals surface area contributed by atoms with Gasteiger partial charge in [0.15, 0.2) is 9.84 Å². The molecule has 1 aliphatic rings. The standard InChI is InChI=1S/C18H19N3O4S/c1-21(14-6-3-2-4-7-14)18(23)16-9-5-8-15(20-16)17(22)19-13-10-11-26(24,25)12-13/h2-9,13H,10-12H2,1H3,(H,19,22). The number of hydrogen-bond acceptors (Lipinski definition) is 5. The first-order valence-electron chi connectivity index (χ1n) is 8.17. The van der Waals surface area contributed by atoms with E-state index < -0.39 is 21.8 Å². The van der Waals surface area contributed by atoms with Crippen LogP contribution in [0.5, 0.6) is 0 Å². The van der Waals surface area contributed by atoms with Gasteiger partial charge in [-0.05, 0) is 30.7 Å². The molecule has 2 heterocycles. The summed E-state index contributed by atoms with van der Waals surface area (Å²) in [7, 11) is -1.45. The van der Waals surface area contributed by atoms with Gasteiger partial charge in [0.1, 0.15) is 11.4 Å². The van der Waals surface area contributed by atoms with Crippen LogP contribution < -0.4 is 10.2 Å². The minimum absolute atomic E-state index is 0.0614. The first-order chi connectivity index (χ1) is 12.4. The van der Waals surface area contributed by atoms with E-state index in [1.807, 2.05) is 18.2 Å². The molecule has 2 amide bonds. The van der Waals surface area contributed by atoms with Crippen molar-refractivity contribution >= 4 is 27.3 Å². The molecular formula is C18H19N3O4S. The summed E-state index contributed by atoms with van der Waals surface area (Å²) in [5.74, 6) is -0.807. The van der Waals surface area contributed by atoms with E-state index in [2.05, 4.69) is 10.3 Å². The zero-order valence-corrected chi connectivity index (χ0v) is 15.1. The first kappa shape index (κ1) is 18.1. The van der Waals surface area contributed by atoms with Crippen molar-refractivity contribution in [2.75, 3.05) is 23.5 Å². The smallest absolute Gasteiger partial charge is 0.276 e. The van der Waals surface area contributed by atoms with Crippen LogP contribution in [-0.2, 0) is 9.84 Å². The molecule has 1 N–H and O–H groups in total. The van der Waals surface area contributed by atoms with Gasteiger partial charge in [0.2, 0.25) is 0 Å². The van der Waals surface area contributed by atoms with Crippen LogP contribution in [0, 0.1) is 0 Å². The third-order valence-corrected chi connectivity index (χ3v) is 5.98. The number of nitrogens with one attached hydrogen (secondary N) is 1. The average Bonchev–Trinajstić information content (AvgIpc) is 2.99. The minimum Gasteiger partial charge on any atom is -0.347 e. The van der Waals surface area contributed by atoms with Crippen molar-refractivity contribution in [1.29, 1.82) is 0 Å². The van der Waals surface area contributed by atoms with Crippen LogP contribution in [0.4, 0.5) is 5.69 Å². The normalized spacial score (nSPS) is 18.3. The lowest BCUT2D eigenvalue weighted by Gasteiger charge is -2.17. The number of carbonyl (C=O) groups excluding carboxylic acids is 2. The fourth-order valence-electron chi connectivity index (χ4n) is 2.79. The summed E-state index contributed by atoms with van der Waals surface area (Å²) < 4.78 is 23.0. The van der Waals surface area contributed by atoms with Gasteiger partial charge in [-0.1, -0.05) is 24.3 Å². The van der Waals surface area contributed by atoms with E-state index in [-0.39, 0.29) is 28.8 Å². The predicted octanol–water partition coefficient (Wildman–Crippen LogP) is 1.28. The maximum atomic E-state index is 12.6. The maximum Gasteiger partial charge on any atom is 0.276 e. The Morgan fingerprint density at radius 3 is 2.42 bits per heavy atom. The van der Waals surface area contributed by atoms with E-state index in [1.54, 1.807) is 31.3 Å². The van der Waals surface area contributed by atoms with Gasteiger partial charge < -0.3 is 10.2 Å². The predicted molar refractivity (Wildman–Crippen MR) is 97.9 cm³/mol. The second-order valence-corrected chi connectivity index (χ2v) is 8.41. The van der Waals surface area contributed by atoms with E-state index >= 15 is 0 Å². The van der Waals surface area contributed by atoms with Crippen molar-refractivity contribution in [1.82, 2.24) is 10.3 Å². The third kappa shape index (κ3) is 4.08. The summed E-state index contributed by atoms with van der Waals surface area (Å²) >= 11 is 0. The molecule has 26 heavy (non-hydrogen) atoms. The zero-order chi connectivity index (χ0) is 18.7. The SMILES string of the molecule is CN(C(=O)c1cccc(C(=O)NC2CCS(=O)(=O)C2)n1)c1ccccc1. The Balaban J connectivity index is 1.73. The average molecular weight is 373 g/mol. The number of anilines is 1. The molecule has 0 radical (unpaired) electrons. The lowest BCUT2D eigenvalue weighted by molar-refractivity contribution is 0.0935. The number of nitrogens with zero attached hydrogens (tertiary/aromatic N) is 2. The highest BCUT2D eigenvalue weighted by atomic mass is 32.2. The largest absolute Gasteiger partial charge is 0.347 e. The molecule has 1 aromatic carbocycles. The van der Waals surface area contributed by atoms with Crippen LogP contribution in [0.15, 0.2) is 48.5 Å². The van der Waals surface area contributed by atoms with Gasteiger partial charge in [0.25, 0.3) is 11.8 Å². The summed E-state index contributed by atoms with van der Waals surface area (Å²) in [5.41, 5.74) is 0.940. The van der Waals surface area contributed by atoms with Crippen LogP contribution in [0.25, 0.3) is 0 Å². The fraction of sp³-hybridized carbons (Fsp3) is 0.278. The monoisotopic (exact) mass is 373 g/mol. The Kier molecular flexibility index (Phi) is 5.03. The van der Waals surface area contributed by atoms with Crippen LogP contribution in [-0.4, -0.2) is 49.8 Å². The van der Waals surface area contributed by atoms with E-state index in [0.717, 1.165) is 0 Å². The molecule has 7 nitrogen and oxygen atoms in total. The summed E-state index contributed by atoms with van der Waals surface area (Å²) in [6.07, 6.45) is 0.392. The Morgan fingerprint density at radius 2 is 1.77 bits per heavy atom. The Morgan fingerprint density at radius 1 is 1.08 bits per heavy atom. The van der Waals surface area contributed by atoms with Gasteiger partial charge in [-0.3, -0.25) is 9.59 Å². The summed E-state index contributed by atoms with van der Waals surface area (Å²) in [6, 6.07) is 13.3. The number of hydrogen-bond donors (Lipinski definition) is 1. The molecule has 0 spiro atoms. The topological polar surface area (TPSA) is 96.4 Å². The van der Waals surface area contributed by atoms with E-state index in [9.17, 15) is 18.0 Å². The molecule has 3 rings (SSSR count). The molecule has 1 aromatic heterocycles. The number of pyridine rings is 1. The highest BCUT2D eigenvalue weighted by Crippen LogP contribution is 2.15. The van der Waals surface area contributed by atoms with Gasteiger partial charge in [-0.2, -0.15) is 0 Å². The second-order valence-electron chi connectivity index (χ2n) is 6.18. The summed E-state index contributed by atoms with van der Waals surface area (Å²) in [4.78, 5) is 30.5. The molecule has 0 aliphatic carbocycles. The molecule has 0 saturated carbocycles. The molecule has 1 fully saturated rings. The summed E-state index contributed by atoms with van der Waals surface area (Å²) in [5, 5.41) is 2.67. The Hall–Kier alpha value is -2.74. The molecule has 1 saturated heterocycles. The van der Waals surface area contributed by atoms with Crippen molar-refractivity contribution in [2.24, 2.45) is 0 Å². The van der Waals surface area contributed by atoms with E-state index in [1.165, 1.54) is 11.0 Å². The maximum absolute atomic E-state index is 12.6. The molecule has 1 aliphatic heterocycles. The number of amides is 2. The van der Waals surface area contributed by atoms with Gasteiger partial charge >= 0.3 is 0 Å². The molecular weight excluding hydrogens is 354 g/mol. The van der Waals surface area contributed by atoms with Crippen molar-refractivity contribution in [2.45, 2.75) is 12.5 Å². The Bertz CT molecular complexity index is 928. The molecule has 8 heteroatoms. The van der Waals surface area contributed by atoms with Crippen molar-refractivity contribution in [3.8, 4) is 0 Å². The van der Waals surface area contributed by atoms with Gasteiger partial charge in [0.05, 0.1) is 11.5 Å². The minimum atomic E-state index is -3.08. The fourth-order valence-corrected chi connectivity index (χ4v) is 4.46. The first-order valence-corrected chi connectivity index (χ1v) is 9.99. The van der Waals surface area contributed by atoms with Crippen LogP contribution in [0.3, 0.4) is 0 Å². The van der Waals surface area contributed by atoms with Crippen molar-refractivity contribution < 1.29 is 18.0 Å². The quantitative estimate of drug-likeness (QED) is 0.871. The van der Waals surface area contributed by atoms with Crippen LogP contribution >= 0.6 is 0 Å². The van der Waals surface area contributed by atoms with Gasteiger partial charge in [0, 0.05) is 18.8 Å². The van der Waals surface area contributed by atoms with Crippen LogP contribution in [0.1, 0.15) is 27.4 Å². The number of para-hydroxylation sites is 1. The summed E-state index contributed by atoms with van der Waals surface area (Å²) in [6.45, 7) is 0. The molecule has 136 valence electrons. The van der Waals surface area contributed by atoms with Crippen molar-refractivity contribution in [3.05, 3.63) is 59.9 Å². The molecule has 1 unspecified atom stereocenters. The number of benzene rings is 1. The molecule has 2 aromatic rings. The lowest BCUT2D eigenvalue weighted by Crippen LogP contribution is -2.36. The highest BCUT2D eigenvalue weighted by Gasteiger charge is 2.29. The Labute approximate surface area is 152 Å². The second kappa shape index (κ2) is 7.25. The molecule has 1 atom stereocenters.